The summed E-state index contributed by atoms with van der Waals surface area (Å²) in [7, 11) is 0. The molecule has 0 spiro atoms. The summed E-state index contributed by atoms with van der Waals surface area (Å²) in [5, 5.41) is 17.5. The summed E-state index contributed by atoms with van der Waals surface area (Å²) < 4.78 is 0. The molecule has 0 aromatic carbocycles. The van der Waals surface area contributed by atoms with E-state index in [1.165, 1.54) is 4.90 Å². The van der Waals surface area contributed by atoms with Gasteiger partial charge >= 0.3 is 6.09 Å². The zero-order valence-electron chi connectivity index (χ0n) is 7.03. The molecule has 1 fully saturated rings. The van der Waals surface area contributed by atoms with Crippen LogP contribution in [0.1, 0.15) is 6.92 Å². The Balaban J connectivity index is 2.66. The van der Waals surface area contributed by atoms with Crippen LogP contribution < -0.4 is 5.73 Å². The number of nitrogens with two attached hydrogens (primary N) is 1. The SMILES string of the molecule is C[C@@]1(N)CN(C(=O)O)C[C@@H]1CO. The Morgan fingerprint density at radius 3 is 2.67 bits per heavy atom. The second kappa shape index (κ2) is 2.91. The minimum absolute atomic E-state index is 0.0588. The third kappa shape index (κ3) is 1.51. The molecular weight excluding hydrogens is 160 g/mol. The molecule has 2 atom stereocenters. The summed E-state index contributed by atoms with van der Waals surface area (Å²) in [6.45, 7) is 2.33. The van der Waals surface area contributed by atoms with Crippen LogP contribution in [0.15, 0.2) is 0 Å². The fourth-order valence-electron chi connectivity index (χ4n) is 1.49. The van der Waals surface area contributed by atoms with Gasteiger partial charge in [0.1, 0.15) is 0 Å². The molecule has 0 aliphatic carbocycles. The quantitative estimate of drug-likeness (QED) is 0.491. The standard InChI is InChI=1S/C7H14N2O3/c1-7(8)4-9(6(11)12)2-5(7)3-10/h5,10H,2-4,8H2,1H3,(H,11,12)/t5-,7-/m1/s1. The zero-order valence-corrected chi connectivity index (χ0v) is 7.03. The number of hydrogen-bond acceptors (Lipinski definition) is 3. The smallest absolute Gasteiger partial charge is 0.407 e. The molecule has 5 heteroatoms. The Labute approximate surface area is 70.8 Å². The molecule has 12 heavy (non-hydrogen) atoms. The van der Waals surface area contributed by atoms with Crippen LogP contribution in [0.3, 0.4) is 0 Å². The van der Waals surface area contributed by atoms with Crippen molar-refractivity contribution in [3.05, 3.63) is 0 Å². The van der Waals surface area contributed by atoms with E-state index in [4.69, 9.17) is 15.9 Å². The number of carboxylic acid groups (broad SMARTS) is 1. The van der Waals surface area contributed by atoms with Crippen molar-refractivity contribution in [1.82, 2.24) is 4.90 Å². The van der Waals surface area contributed by atoms with Crippen LogP contribution in [-0.2, 0) is 0 Å². The second-order valence-electron chi connectivity index (χ2n) is 3.55. The first-order valence-corrected chi connectivity index (χ1v) is 3.85. The summed E-state index contributed by atoms with van der Waals surface area (Å²) >= 11 is 0. The van der Waals surface area contributed by atoms with Crippen molar-refractivity contribution >= 4 is 6.09 Å². The van der Waals surface area contributed by atoms with Crippen molar-refractivity contribution in [3.8, 4) is 0 Å². The van der Waals surface area contributed by atoms with Crippen molar-refractivity contribution < 1.29 is 15.0 Å². The van der Waals surface area contributed by atoms with E-state index in [9.17, 15) is 4.79 Å². The maximum atomic E-state index is 10.5. The molecule has 1 aliphatic heterocycles. The first-order valence-electron chi connectivity index (χ1n) is 3.85. The predicted octanol–water partition coefficient (Wildman–Crippen LogP) is -0.694. The average molecular weight is 174 g/mol. The Hall–Kier alpha value is -0.810. The molecule has 1 saturated heterocycles. The van der Waals surface area contributed by atoms with Crippen molar-refractivity contribution in [2.45, 2.75) is 12.5 Å². The van der Waals surface area contributed by atoms with Crippen LogP contribution in [-0.4, -0.2) is 46.4 Å². The van der Waals surface area contributed by atoms with Crippen molar-refractivity contribution in [1.29, 1.82) is 0 Å². The number of amides is 1. The highest BCUT2D eigenvalue weighted by molar-refractivity contribution is 5.65. The molecule has 1 amide bonds. The fourth-order valence-corrected chi connectivity index (χ4v) is 1.49. The number of hydrogen-bond donors (Lipinski definition) is 3. The number of aliphatic hydroxyl groups excluding tert-OH is 1. The Morgan fingerprint density at radius 2 is 2.42 bits per heavy atom. The van der Waals surface area contributed by atoms with Gasteiger partial charge in [-0.1, -0.05) is 0 Å². The minimum Gasteiger partial charge on any atom is -0.465 e. The van der Waals surface area contributed by atoms with E-state index in [2.05, 4.69) is 0 Å². The van der Waals surface area contributed by atoms with E-state index in [0.29, 0.717) is 13.1 Å². The molecule has 5 nitrogen and oxygen atoms in total. The first kappa shape index (κ1) is 9.28. The maximum Gasteiger partial charge on any atom is 0.407 e. The van der Waals surface area contributed by atoms with E-state index < -0.39 is 11.6 Å². The third-order valence-electron chi connectivity index (χ3n) is 2.40. The highest BCUT2D eigenvalue weighted by Gasteiger charge is 2.41. The van der Waals surface area contributed by atoms with Gasteiger partial charge in [-0.05, 0) is 6.92 Å². The Bertz CT molecular complexity index is 193. The van der Waals surface area contributed by atoms with Crippen LogP contribution >= 0.6 is 0 Å². The minimum atomic E-state index is -0.970. The van der Waals surface area contributed by atoms with Gasteiger partial charge in [0.05, 0.1) is 0 Å². The molecule has 70 valence electrons. The monoisotopic (exact) mass is 174 g/mol. The molecule has 0 saturated carbocycles. The number of carbonyl (C=O) groups is 1. The molecule has 0 bridgehead atoms. The molecule has 0 aromatic heterocycles. The van der Waals surface area contributed by atoms with Crippen molar-refractivity contribution in [2.24, 2.45) is 11.7 Å². The number of nitrogens with zero attached hydrogens (tertiary/aromatic N) is 1. The summed E-state index contributed by atoms with van der Waals surface area (Å²) in [5.41, 5.74) is 5.21. The maximum absolute atomic E-state index is 10.5. The second-order valence-corrected chi connectivity index (χ2v) is 3.55. The van der Waals surface area contributed by atoms with Gasteiger partial charge in [-0.3, -0.25) is 0 Å². The third-order valence-corrected chi connectivity index (χ3v) is 2.40. The largest absolute Gasteiger partial charge is 0.465 e. The van der Waals surface area contributed by atoms with E-state index in [1.807, 2.05) is 0 Å². The molecule has 1 heterocycles. The predicted molar refractivity (Wildman–Crippen MR) is 42.8 cm³/mol. The molecular formula is C7H14N2O3. The van der Waals surface area contributed by atoms with E-state index in [-0.39, 0.29) is 12.5 Å². The summed E-state index contributed by atoms with van der Waals surface area (Å²) in [6, 6.07) is 0. The highest BCUT2D eigenvalue weighted by Crippen LogP contribution is 2.24. The van der Waals surface area contributed by atoms with Gasteiger partial charge in [-0.2, -0.15) is 0 Å². The van der Waals surface area contributed by atoms with Gasteiger partial charge in [0.2, 0.25) is 0 Å². The Morgan fingerprint density at radius 1 is 1.83 bits per heavy atom. The van der Waals surface area contributed by atoms with Crippen molar-refractivity contribution in [2.75, 3.05) is 19.7 Å². The van der Waals surface area contributed by atoms with Crippen LogP contribution in [0, 0.1) is 5.92 Å². The van der Waals surface area contributed by atoms with Gasteiger partial charge in [0, 0.05) is 31.2 Å². The zero-order chi connectivity index (χ0) is 9.35. The van der Waals surface area contributed by atoms with Crippen LogP contribution in [0.2, 0.25) is 0 Å². The fraction of sp³-hybridized carbons (Fsp3) is 0.857. The lowest BCUT2D eigenvalue weighted by atomic mass is 9.91. The van der Waals surface area contributed by atoms with E-state index in [1.54, 1.807) is 6.92 Å². The number of rotatable bonds is 1. The first-order chi connectivity index (χ1) is 5.47. The highest BCUT2D eigenvalue weighted by atomic mass is 16.4. The van der Waals surface area contributed by atoms with E-state index in [0.717, 1.165) is 0 Å². The lowest BCUT2D eigenvalue weighted by Crippen LogP contribution is -2.46. The van der Waals surface area contributed by atoms with Gasteiger partial charge in [-0.25, -0.2) is 4.79 Å². The van der Waals surface area contributed by atoms with Crippen LogP contribution in [0.5, 0.6) is 0 Å². The molecule has 4 N–H and O–H groups in total. The van der Waals surface area contributed by atoms with Gasteiger partial charge < -0.3 is 20.8 Å². The summed E-state index contributed by atoms with van der Waals surface area (Å²) in [6.07, 6.45) is -0.970. The Kier molecular flexibility index (Phi) is 2.25. The molecule has 0 radical (unpaired) electrons. The topological polar surface area (TPSA) is 86.8 Å². The molecule has 0 unspecified atom stereocenters. The average Bonchev–Trinajstić information content (AvgIpc) is 2.25. The van der Waals surface area contributed by atoms with Crippen molar-refractivity contribution in [3.63, 3.8) is 0 Å². The molecule has 0 aromatic rings. The number of likely N-dealkylation sites (tertiary alicyclic amines) is 1. The van der Waals surface area contributed by atoms with Gasteiger partial charge in [0.25, 0.3) is 0 Å². The summed E-state index contributed by atoms with van der Waals surface area (Å²) in [5.74, 6) is -0.145. The van der Waals surface area contributed by atoms with Gasteiger partial charge in [0.15, 0.2) is 0 Å². The molecule has 1 rings (SSSR count). The summed E-state index contributed by atoms with van der Waals surface area (Å²) in [4.78, 5) is 11.8. The number of aliphatic hydroxyl groups is 1. The lowest BCUT2D eigenvalue weighted by molar-refractivity contribution is 0.150. The van der Waals surface area contributed by atoms with Crippen LogP contribution in [0.25, 0.3) is 0 Å². The van der Waals surface area contributed by atoms with Crippen LogP contribution in [0.4, 0.5) is 4.79 Å². The van der Waals surface area contributed by atoms with E-state index >= 15 is 0 Å². The lowest BCUT2D eigenvalue weighted by Gasteiger charge is -2.22. The van der Waals surface area contributed by atoms with Gasteiger partial charge in [-0.15, -0.1) is 0 Å². The molecule has 1 aliphatic rings. The normalized spacial score (nSPS) is 35.6.